The van der Waals surface area contributed by atoms with Gasteiger partial charge in [-0.25, -0.2) is 13.6 Å². The van der Waals surface area contributed by atoms with Gasteiger partial charge in [-0.05, 0) is 11.8 Å². The van der Waals surface area contributed by atoms with Crippen molar-refractivity contribution in [1.29, 1.82) is 0 Å². The molecular formula is C3H4Cl3N3O. The smallest absolute Gasteiger partial charge is 0.246 e. The Morgan fingerprint density at radius 2 is 1.50 bits per heavy atom. The Kier molecular flexibility index (Phi) is 2.46. The second kappa shape index (κ2) is 3.00. The van der Waals surface area contributed by atoms with Crippen LogP contribution in [0.5, 0.6) is 0 Å². The van der Waals surface area contributed by atoms with Gasteiger partial charge in [0.05, 0.1) is 0 Å². The highest BCUT2D eigenvalue weighted by Gasteiger charge is 2.27. The van der Waals surface area contributed by atoms with E-state index in [-0.39, 0.29) is 13.3 Å². The lowest BCUT2D eigenvalue weighted by molar-refractivity contribution is 0.153. The largest absolute Gasteiger partial charge is 0.351 e. The first-order valence-corrected chi connectivity index (χ1v) is 3.44. The van der Waals surface area contributed by atoms with E-state index in [0.717, 1.165) is 8.84 Å². The van der Waals surface area contributed by atoms with Crippen molar-refractivity contribution in [2.45, 2.75) is 0 Å². The van der Waals surface area contributed by atoms with E-state index in [9.17, 15) is 4.79 Å². The number of hydrogen-bond donors (Lipinski definition) is 0. The summed E-state index contributed by atoms with van der Waals surface area (Å²) in [5.74, 6) is 0. The van der Waals surface area contributed by atoms with Crippen LogP contribution in [0.25, 0.3) is 0 Å². The Balaban J connectivity index is 2.57. The molecule has 0 unspecified atom stereocenters. The molecule has 0 atom stereocenters. The molecule has 0 aromatic rings. The summed E-state index contributed by atoms with van der Waals surface area (Å²) in [6.45, 7) is 0.344. The lowest BCUT2D eigenvalue weighted by Gasteiger charge is -2.30. The molecule has 1 heterocycles. The van der Waals surface area contributed by atoms with Crippen LogP contribution in [0, 0.1) is 0 Å². The summed E-state index contributed by atoms with van der Waals surface area (Å²) < 4.78 is 3.06. The Hall–Kier alpha value is 0.1000. The fraction of sp³-hybridized carbons (Fsp3) is 0.667. The Labute approximate surface area is 73.1 Å². The standard InChI is InChI=1S/C3H4Cl3N3O/c4-7-1-8(5)3(10)9(6)2-7/h1-2H2. The molecule has 0 radical (unpaired) electrons. The fourth-order valence-electron chi connectivity index (χ4n) is 0.553. The maximum atomic E-state index is 10.8. The number of amides is 2. The number of carbonyl (C=O) groups is 1. The van der Waals surface area contributed by atoms with Gasteiger partial charge in [0.15, 0.2) is 0 Å². The quantitative estimate of drug-likeness (QED) is 0.558. The van der Waals surface area contributed by atoms with Gasteiger partial charge in [-0.15, -0.1) is 0 Å². The van der Waals surface area contributed by atoms with Crippen LogP contribution in [-0.2, 0) is 0 Å². The zero-order chi connectivity index (χ0) is 7.72. The maximum absolute atomic E-state index is 10.8. The van der Waals surface area contributed by atoms with E-state index in [4.69, 9.17) is 35.3 Å². The first-order valence-electron chi connectivity index (χ1n) is 2.42. The molecule has 7 heteroatoms. The van der Waals surface area contributed by atoms with Gasteiger partial charge in [0.2, 0.25) is 0 Å². The van der Waals surface area contributed by atoms with Crippen molar-refractivity contribution < 1.29 is 4.79 Å². The number of rotatable bonds is 0. The highest BCUT2D eigenvalue weighted by atomic mass is 35.5. The SMILES string of the molecule is O=C1N(Cl)CN(Cl)CN1Cl. The second-order valence-corrected chi connectivity index (χ2v) is 3.05. The molecule has 1 saturated heterocycles. The predicted molar refractivity (Wildman–Crippen MR) is 38.2 cm³/mol. The fourth-order valence-corrected chi connectivity index (χ4v) is 1.36. The van der Waals surface area contributed by atoms with E-state index in [0.29, 0.717) is 0 Å². The molecular weight excluding hydrogens is 200 g/mol. The number of hydrogen-bond acceptors (Lipinski definition) is 2. The van der Waals surface area contributed by atoms with E-state index < -0.39 is 6.03 Å². The third-order valence-electron chi connectivity index (χ3n) is 0.970. The number of carbonyl (C=O) groups excluding carboxylic acids is 1. The molecule has 0 spiro atoms. The van der Waals surface area contributed by atoms with Crippen molar-refractivity contribution in [2.75, 3.05) is 13.3 Å². The van der Waals surface area contributed by atoms with Crippen LogP contribution in [0.3, 0.4) is 0 Å². The molecule has 10 heavy (non-hydrogen) atoms. The van der Waals surface area contributed by atoms with Crippen molar-refractivity contribution in [3.63, 3.8) is 0 Å². The summed E-state index contributed by atoms with van der Waals surface area (Å²) in [7, 11) is 0. The number of urea groups is 1. The van der Waals surface area contributed by atoms with Gasteiger partial charge in [0, 0.05) is 23.6 Å². The Morgan fingerprint density at radius 1 is 1.10 bits per heavy atom. The zero-order valence-corrected chi connectivity index (χ0v) is 7.07. The third kappa shape index (κ3) is 1.58. The molecule has 1 aliphatic rings. The molecule has 2 amide bonds. The summed E-state index contributed by atoms with van der Waals surface area (Å²) in [6, 6.07) is -0.458. The van der Waals surface area contributed by atoms with E-state index in [2.05, 4.69) is 0 Å². The van der Waals surface area contributed by atoms with Crippen molar-refractivity contribution >= 4 is 41.4 Å². The summed E-state index contributed by atoms with van der Waals surface area (Å²) in [5.41, 5.74) is 0. The summed E-state index contributed by atoms with van der Waals surface area (Å²) in [5, 5.41) is 0. The average molecular weight is 204 g/mol. The van der Waals surface area contributed by atoms with Crippen LogP contribution in [0.15, 0.2) is 0 Å². The molecule has 58 valence electrons. The predicted octanol–water partition coefficient (Wildman–Crippen LogP) is 1.40. The topological polar surface area (TPSA) is 26.8 Å². The summed E-state index contributed by atoms with van der Waals surface area (Å²) in [6.07, 6.45) is 0. The third-order valence-corrected chi connectivity index (χ3v) is 1.69. The number of halogens is 3. The van der Waals surface area contributed by atoms with Gasteiger partial charge >= 0.3 is 6.03 Å². The highest BCUT2D eigenvalue weighted by Crippen LogP contribution is 2.15. The van der Waals surface area contributed by atoms with Gasteiger partial charge in [-0.3, -0.25) is 0 Å². The Morgan fingerprint density at radius 3 is 1.90 bits per heavy atom. The summed E-state index contributed by atoms with van der Waals surface area (Å²) >= 11 is 16.3. The Bertz CT molecular complexity index is 140. The van der Waals surface area contributed by atoms with Gasteiger partial charge in [-0.2, -0.15) is 4.42 Å². The van der Waals surface area contributed by atoms with Crippen molar-refractivity contribution in [3.8, 4) is 0 Å². The number of nitrogens with zero attached hydrogens (tertiary/aromatic N) is 3. The maximum Gasteiger partial charge on any atom is 0.351 e. The monoisotopic (exact) mass is 203 g/mol. The van der Waals surface area contributed by atoms with Crippen LogP contribution in [0.1, 0.15) is 0 Å². The molecule has 1 fully saturated rings. The van der Waals surface area contributed by atoms with Crippen molar-refractivity contribution in [3.05, 3.63) is 0 Å². The minimum atomic E-state index is -0.458. The minimum Gasteiger partial charge on any atom is -0.246 e. The van der Waals surface area contributed by atoms with E-state index in [1.165, 1.54) is 4.42 Å². The van der Waals surface area contributed by atoms with Gasteiger partial charge in [0.1, 0.15) is 13.3 Å². The van der Waals surface area contributed by atoms with Crippen molar-refractivity contribution in [1.82, 2.24) is 13.3 Å². The first kappa shape index (κ1) is 8.20. The molecule has 4 nitrogen and oxygen atoms in total. The second-order valence-electron chi connectivity index (χ2n) is 1.75. The molecule has 1 aliphatic heterocycles. The van der Waals surface area contributed by atoms with Crippen LogP contribution in [0.2, 0.25) is 0 Å². The minimum absolute atomic E-state index is 0.172. The first-order chi connectivity index (χ1) is 4.61. The molecule has 0 aromatic heterocycles. The van der Waals surface area contributed by atoms with Crippen LogP contribution in [-0.4, -0.2) is 32.6 Å². The highest BCUT2D eigenvalue weighted by molar-refractivity contribution is 6.28. The average Bonchev–Trinajstić information content (AvgIpc) is 1.82. The molecule has 0 bridgehead atoms. The lowest BCUT2D eigenvalue weighted by atomic mass is 10.7. The van der Waals surface area contributed by atoms with Crippen LogP contribution in [0.4, 0.5) is 4.79 Å². The van der Waals surface area contributed by atoms with Crippen LogP contribution >= 0.6 is 35.3 Å². The van der Waals surface area contributed by atoms with Crippen molar-refractivity contribution in [2.24, 2.45) is 0 Å². The molecule has 0 N–H and O–H groups in total. The van der Waals surface area contributed by atoms with Gasteiger partial charge < -0.3 is 0 Å². The normalized spacial score (nSPS) is 22.1. The van der Waals surface area contributed by atoms with Crippen LogP contribution < -0.4 is 0 Å². The van der Waals surface area contributed by atoms with Gasteiger partial charge in [0.25, 0.3) is 0 Å². The molecule has 0 saturated carbocycles. The van der Waals surface area contributed by atoms with E-state index in [1.54, 1.807) is 0 Å². The molecule has 0 aromatic carbocycles. The summed E-state index contributed by atoms with van der Waals surface area (Å²) in [4.78, 5) is 10.8. The molecule has 1 rings (SSSR count). The van der Waals surface area contributed by atoms with E-state index in [1.807, 2.05) is 0 Å². The van der Waals surface area contributed by atoms with E-state index >= 15 is 0 Å². The zero-order valence-electron chi connectivity index (χ0n) is 4.80. The lowest BCUT2D eigenvalue weighted by Crippen LogP contribution is -2.47. The van der Waals surface area contributed by atoms with Gasteiger partial charge in [-0.1, -0.05) is 0 Å². The molecule has 0 aliphatic carbocycles.